The van der Waals surface area contributed by atoms with E-state index in [0.29, 0.717) is 0 Å². The van der Waals surface area contributed by atoms with E-state index in [1.54, 1.807) is 12.3 Å². The van der Waals surface area contributed by atoms with E-state index in [4.69, 9.17) is 0 Å². The Kier molecular flexibility index (Phi) is 2.68. The van der Waals surface area contributed by atoms with Gasteiger partial charge in [0.25, 0.3) is 5.91 Å². The third kappa shape index (κ3) is 2.08. The Balaban J connectivity index is 2.21. The van der Waals surface area contributed by atoms with Gasteiger partial charge in [-0.05, 0) is 24.3 Å². The number of aromatic nitrogens is 1. The fraction of sp³-hybridized carbons (Fsp3) is 0. The molecule has 2 aromatic rings. The zero-order valence-corrected chi connectivity index (χ0v) is 8.13. The van der Waals surface area contributed by atoms with E-state index in [2.05, 4.69) is 10.3 Å². The molecule has 16 heavy (non-hydrogen) atoms. The normalized spacial score (nSPS) is 10.1. The van der Waals surface area contributed by atoms with Crippen LogP contribution in [0.2, 0.25) is 0 Å². The van der Waals surface area contributed by atoms with Crippen molar-refractivity contribution in [1.29, 1.82) is 0 Å². The van der Waals surface area contributed by atoms with Crippen LogP contribution >= 0.6 is 0 Å². The van der Waals surface area contributed by atoms with Gasteiger partial charge in [0, 0.05) is 12.3 Å². The van der Waals surface area contributed by atoms with E-state index in [1.807, 2.05) is 0 Å². The van der Waals surface area contributed by atoms with Crippen molar-refractivity contribution in [2.45, 2.75) is 0 Å². The molecule has 3 nitrogen and oxygen atoms in total. The minimum atomic E-state index is -0.679. The number of carbonyl (C=O) groups excluding carboxylic acids is 1. The lowest BCUT2D eigenvalue weighted by molar-refractivity contribution is 0.102. The zero-order chi connectivity index (χ0) is 11.5. The monoisotopic (exact) mass is 222 g/mol. The van der Waals surface area contributed by atoms with Gasteiger partial charge in [0.1, 0.15) is 17.3 Å². The Morgan fingerprint density at radius 3 is 2.75 bits per heavy atom. The molecule has 1 amide bonds. The van der Waals surface area contributed by atoms with Crippen LogP contribution in [0.3, 0.4) is 0 Å². The Morgan fingerprint density at radius 1 is 1.25 bits per heavy atom. The summed E-state index contributed by atoms with van der Waals surface area (Å²) in [6.45, 7) is 0. The van der Waals surface area contributed by atoms with Crippen LogP contribution in [0, 0.1) is 11.6 Å². The third-order valence-corrected chi connectivity index (χ3v) is 2.02. The highest BCUT2D eigenvalue weighted by Crippen LogP contribution is 2.15. The highest BCUT2D eigenvalue weighted by atomic mass is 19.1. The molecule has 0 aliphatic heterocycles. The summed E-state index contributed by atoms with van der Waals surface area (Å²) in [5.74, 6) is -1.81. The summed E-state index contributed by atoms with van der Waals surface area (Å²) in [5, 5.41) is 2.27. The second-order valence-corrected chi connectivity index (χ2v) is 3.16. The maximum absolute atomic E-state index is 13.2. The minimum absolute atomic E-state index is 0.181. The van der Waals surface area contributed by atoms with Crippen molar-refractivity contribution in [2.75, 3.05) is 5.32 Å². The Bertz CT molecular complexity index is 509. The van der Waals surface area contributed by atoms with Crippen molar-refractivity contribution in [3.8, 4) is 0 Å². The van der Waals surface area contributed by atoms with Gasteiger partial charge >= 0.3 is 0 Å². The van der Waals surface area contributed by atoms with Crippen LogP contribution in [-0.2, 0) is 0 Å². The number of benzene rings is 1. The highest BCUT2D eigenvalue weighted by Gasteiger charge is 2.10. The quantitative estimate of drug-likeness (QED) is 0.805. The van der Waals surface area contributed by atoms with Crippen LogP contribution in [0.25, 0.3) is 0 Å². The van der Waals surface area contributed by atoms with Crippen LogP contribution in [0.1, 0.15) is 10.5 Å². The Labute approximate surface area is 90.1 Å². The molecule has 0 saturated heterocycles. The largest absolute Gasteiger partial charge is 0.357 e. The summed E-state index contributed by atoms with van der Waals surface area (Å²) in [7, 11) is 0. The summed E-state index contributed by atoms with van der Waals surface area (Å²) in [6.07, 6.45) is 1.57. The van der Waals surface area contributed by atoms with E-state index < -0.39 is 17.5 Å². The molecule has 0 unspecified atom stereocenters. The van der Waals surface area contributed by atoms with Crippen molar-refractivity contribution in [2.24, 2.45) is 0 Å². The first-order chi connectivity index (χ1) is 7.66. The second kappa shape index (κ2) is 4.14. The predicted octanol–water partition coefficient (Wildman–Crippen LogP) is 2.55. The van der Waals surface area contributed by atoms with Crippen LogP contribution in [0.15, 0.2) is 36.5 Å². The zero-order valence-electron chi connectivity index (χ0n) is 8.13. The SMILES string of the molecule is O=C(Nc1cc(F)ccc1F)c1ccc[nH]1. The molecule has 1 aromatic carbocycles. The summed E-state index contributed by atoms with van der Waals surface area (Å²) in [4.78, 5) is 14.2. The molecule has 2 rings (SSSR count). The second-order valence-electron chi connectivity index (χ2n) is 3.16. The molecular formula is C11H8F2N2O. The number of carbonyl (C=O) groups is 1. The van der Waals surface area contributed by atoms with Gasteiger partial charge in [-0.2, -0.15) is 0 Å². The predicted molar refractivity (Wildman–Crippen MR) is 55.1 cm³/mol. The summed E-state index contributed by atoms with van der Waals surface area (Å²) in [5.41, 5.74) is 0.100. The van der Waals surface area contributed by atoms with Gasteiger partial charge in [0.15, 0.2) is 0 Å². The van der Waals surface area contributed by atoms with Crippen LogP contribution in [0.4, 0.5) is 14.5 Å². The van der Waals surface area contributed by atoms with E-state index in [-0.39, 0.29) is 11.4 Å². The van der Waals surface area contributed by atoms with Crippen LogP contribution < -0.4 is 5.32 Å². The molecular weight excluding hydrogens is 214 g/mol. The lowest BCUT2D eigenvalue weighted by atomic mass is 10.3. The van der Waals surface area contributed by atoms with Gasteiger partial charge in [-0.1, -0.05) is 0 Å². The Hall–Kier alpha value is -2.17. The molecule has 5 heteroatoms. The lowest BCUT2D eigenvalue weighted by Crippen LogP contribution is -2.13. The van der Waals surface area contributed by atoms with Gasteiger partial charge in [-0.3, -0.25) is 4.79 Å². The summed E-state index contributed by atoms with van der Waals surface area (Å²) < 4.78 is 26.0. The number of hydrogen-bond donors (Lipinski definition) is 2. The van der Waals surface area contributed by atoms with Crippen molar-refractivity contribution >= 4 is 11.6 Å². The topological polar surface area (TPSA) is 44.9 Å². The fourth-order valence-corrected chi connectivity index (χ4v) is 1.25. The smallest absolute Gasteiger partial charge is 0.272 e. The van der Waals surface area contributed by atoms with Gasteiger partial charge < -0.3 is 10.3 Å². The average molecular weight is 222 g/mol. The molecule has 0 radical (unpaired) electrons. The molecule has 0 atom stereocenters. The van der Waals surface area contributed by atoms with Crippen LogP contribution in [-0.4, -0.2) is 10.9 Å². The number of halogens is 2. The van der Waals surface area contributed by atoms with Gasteiger partial charge in [0.05, 0.1) is 5.69 Å². The summed E-state index contributed by atoms with van der Waals surface area (Å²) in [6, 6.07) is 6.04. The molecule has 0 aliphatic rings. The molecule has 1 heterocycles. The fourth-order valence-electron chi connectivity index (χ4n) is 1.25. The average Bonchev–Trinajstić information content (AvgIpc) is 2.76. The number of H-pyrrole nitrogens is 1. The van der Waals surface area contributed by atoms with Gasteiger partial charge in [0.2, 0.25) is 0 Å². The van der Waals surface area contributed by atoms with E-state index in [0.717, 1.165) is 18.2 Å². The van der Waals surface area contributed by atoms with Crippen molar-refractivity contribution in [1.82, 2.24) is 4.98 Å². The molecule has 82 valence electrons. The number of nitrogens with one attached hydrogen (secondary N) is 2. The van der Waals surface area contributed by atoms with E-state index >= 15 is 0 Å². The van der Waals surface area contributed by atoms with Crippen molar-refractivity contribution in [3.05, 3.63) is 53.9 Å². The maximum Gasteiger partial charge on any atom is 0.272 e. The number of amides is 1. The molecule has 2 N–H and O–H groups in total. The standard InChI is InChI=1S/C11H8F2N2O/c12-7-3-4-8(13)10(6-7)15-11(16)9-2-1-5-14-9/h1-6,14H,(H,15,16). The lowest BCUT2D eigenvalue weighted by Gasteiger charge is -2.04. The third-order valence-electron chi connectivity index (χ3n) is 2.02. The number of hydrogen-bond acceptors (Lipinski definition) is 1. The molecule has 0 fully saturated rings. The Morgan fingerprint density at radius 2 is 2.06 bits per heavy atom. The maximum atomic E-state index is 13.2. The van der Waals surface area contributed by atoms with E-state index in [1.165, 1.54) is 6.07 Å². The summed E-state index contributed by atoms with van der Waals surface area (Å²) >= 11 is 0. The first-order valence-electron chi connectivity index (χ1n) is 4.56. The number of rotatable bonds is 2. The molecule has 0 aliphatic carbocycles. The molecule has 0 bridgehead atoms. The number of anilines is 1. The number of aromatic amines is 1. The van der Waals surface area contributed by atoms with Gasteiger partial charge in [-0.25, -0.2) is 8.78 Å². The molecule has 0 saturated carbocycles. The van der Waals surface area contributed by atoms with Crippen molar-refractivity contribution in [3.63, 3.8) is 0 Å². The highest BCUT2D eigenvalue weighted by molar-refractivity contribution is 6.02. The minimum Gasteiger partial charge on any atom is -0.357 e. The first-order valence-corrected chi connectivity index (χ1v) is 4.56. The molecule has 1 aromatic heterocycles. The first kappa shape index (κ1) is 10.4. The van der Waals surface area contributed by atoms with Gasteiger partial charge in [-0.15, -0.1) is 0 Å². The van der Waals surface area contributed by atoms with Crippen molar-refractivity contribution < 1.29 is 13.6 Å². The molecule has 0 spiro atoms. The van der Waals surface area contributed by atoms with E-state index in [9.17, 15) is 13.6 Å². The van der Waals surface area contributed by atoms with Crippen LogP contribution in [0.5, 0.6) is 0 Å².